The van der Waals surface area contributed by atoms with Crippen LogP contribution in [0.15, 0.2) is 24.3 Å². The Morgan fingerprint density at radius 2 is 1.94 bits per heavy atom. The molecule has 0 fully saturated rings. The highest BCUT2D eigenvalue weighted by molar-refractivity contribution is 5.74. The number of nitrogens with zero attached hydrogens (tertiary/aromatic N) is 1. The van der Waals surface area contributed by atoms with E-state index in [2.05, 4.69) is 49.0 Å². The van der Waals surface area contributed by atoms with Crippen LogP contribution in [0.25, 0.3) is 11.0 Å². The van der Waals surface area contributed by atoms with Crippen molar-refractivity contribution in [1.29, 1.82) is 0 Å². The summed E-state index contributed by atoms with van der Waals surface area (Å²) in [5.41, 5.74) is 2.15. The molecule has 0 saturated heterocycles. The number of aromatic nitrogens is 2. The molecule has 2 aromatic rings. The van der Waals surface area contributed by atoms with E-state index in [9.17, 15) is 0 Å². The number of hydrogen-bond donors (Lipinski definition) is 2. The quantitative estimate of drug-likeness (QED) is 0.844. The van der Waals surface area contributed by atoms with E-state index >= 15 is 0 Å². The average molecular weight is 245 g/mol. The van der Waals surface area contributed by atoms with Gasteiger partial charge in [0.15, 0.2) is 0 Å². The average Bonchev–Trinajstić information content (AvgIpc) is 2.79. The van der Waals surface area contributed by atoms with Crippen molar-refractivity contribution in [3.8, 4) is 0 Å². The minimum Gasteiger partial charge on any atom is -0.341 e. The first-order valence-corrected chi connectivity index (χ1v) is 6.82. The van der Waals surface area contributed by atoms with Crippen LogP contribution in [0.5, 0.6) is 0 Å². The summed E-state index contributed by atoms with van der Waals surface area (Å²) < 4.78 is 0. The molecule has 2 N–H and O–H groups in total. The molecule has 0 aliphatic rings. The fraction of sp³-hybridized carbons (Fsp3) is 0.533. The number of hydrogen-bond acceptors (Lipinski definition) is 2. The van der Waals surface area contributed by atoms with Crippen LogP contribution in [0.2, 0.25) is 0 Å². The van der Waals surface area contributed by atoms with Crippen molar-refractivity contribution in [3.63, 3.8) is 0 Å². The largest absolute Gasteiger partial charge is 0.341 e. The topological polar surface area (TPSA) is 40.7 Å². The molecule has 0 saturated carbocycles. The maximum absolute atomic E-state index is 4.64. The number of imidazole rings is 1. The first-order valence-electron chi connectivity index (χ1n) is 6.82. The molecule has 98 valence electrons. The molecule has 0 aliphatic heterocycles. The van der Waals surface area contributed by atoms with Crippen LogP contribution >= 0.6 is 0 Å². The number of para-hydroxylation sites is 2. The lowest BCUT2D eigenvalue weighted by atomic mass is 10.0. The highest BCUT2D eigenvalue weighted by atomic mass is 15.0. The van der Waals surface area contributed by atoms with Crippen molar-refractivity contribution in [1.82, 2.24) is 15.3 Å². The third kappa shape index (κ3) is 2.72. The lowest BCUT2D eigenvalue weighted by Crippen LogP contribution is -2.35. The van der Waals surface area contributed by atoms with Crippen LogP contribution in [0.3, 0.4) is 0 Å². The van der Waals surface area contributed by atoms with E-state index in [1.54, 1.807) is 0 Å². The molecule has 1 aromatic heterocycles. The summed E-state index contributed by atoms with van der Waals surface area (Å²) >= 11 is 0. The van der Waals surface area contributed by atoms with E-state index in [1.807, 2.05) is 18.2 Å². The minimum atomic E-state index is 0.254. The van der Waals surface area contributed by atoms with E-state index < -0.39 is 0 Å². The van der Waals surface area contributed by atoms with Crippen LogP contribution in [0.1, 0.15) is 46.0 Å². The molecule has 3 nitrogen and oxygen atoms in total. The Balaban J connectivity index is 2.15. The Hall–Kier alpha value is -1.35. The Labute approximate surface area is 109 Å². The maximum Gasteiger partial charge on any atom is 0.124 e. The van der Waals surface area contributed by atoms with E-state index in [0.717, 1.165) is 23.3 Å². The van der Waals surface area contributed by atoms with Gasteiger partial charge in [-0.3, -0.25) is 0 Å². The first-order chi connectivity index (χ1) is 8.61. The normalized spacial score (nSPS) is 15.2. The van der Waals surface area contributed by atoms with Gasteiger partial charge in [-0.25, -0.2) is 4.98 Å². The zero-order valence-electron chi connectivity index (χ0n) is 11.7. The van der Waals surface area contributed by atoms with E-state index in [4.69, 9.17) is 0 Å². The van der Waals surface area contributed by atoms with Crippen molar-refractivity contribution in [2.45, 2.75) is 46.2 Å². The SMILES string of the molecule is CCC(NC(C)c1nc2ccccc2[nH]1)C(C)C. The van der Waals surface area contributed by atoms with Gasteiger partial charge in [0.2, 0.25) is 0 Å². The molecule has 3 heteroatoms. The molecule has 0 spiro atoms. The summed E-state index contributed by atoms with van der Waals surface area (Å²) in [5.74, 6) is 1.66. The molecule has 0 radical (unpaired) electrons. The van der Waals surface area contributed by atoms with Gasteiger partial charge in [0.25, 0.3) is 0 Å². The predicted octanol–water partition coefficient (Wildman–Crippen LogP) is 3.65. The second-order valence-corrected chi connectivity index (χ2v) is 5.29. The Kier molecular flexibility index (Phi) is 4.02. The molecule has 18 heavy (non-hydrogen) atoms. The molecule has 0 amide bonds. The summed E-state index contributed by atoms with van der Waals surface area (Å²) in [5, 5.41) is 3.65. The van der Waals surface area contributed by atoms with Gasteiger partial charge >= 0.3 is 0 Å². The molecule has 2 rings (SSSR count). The van der Waals surface area contributed by atoms with Gasteiger partial charge in [-0.1, -0.05) is 32.9 Å². The Bertz CT molecular complexity index is 468. The van der Waals surface area contributed by atoms with Crippen molar-refractivity contribution < 1.29 is 0 Å². The lowest BCUT2D eigenvalue weighted by molar-refractivity contribution is 0.350. The third-order valence-electron chi connectivity index (χ3n) is 3.53. The van der Waals surface area contributed by atoms with Gasteiger partial charge < -0.3 is 10.3 Å². The number of fused-ring (bicyclic) bond motifs is 1. The van der Waals surface area contributed by atoms with E-state index in [-0.39, 0.29) is 6.04 Å². The molecule has 2 atom stereocenters. The van der Waals surface area contributed by atoms with Gasteiger partial charge in [0, 0.05) is 6.04 Å². The molecular weight excluding hydrogens is 222 g/mol. The molecule has 1 aromatic carbocycles. The zero-order valence-corrected chi connectivity index (χ0v) is 11.7. The Morgan fingerprint density at radius 3 is 2.56 bits per heavy atom. The van der Waals surface area contributed by atoms with E-state index in [1.165, 1.54) is 0 Å². The number of nitrogens with one attached hydrogen (secondary N) is 2. The number of aromatic amines is 1. The van der Waals surface area contributed by atoms with Gasteiger partial charge in [0.05, 0.1) is 17.1 Å². The Morgan fingerprint density at radius 1 is 1.22 bits per heavy atom. The molecular formula is C15H23N3. The van der Waals surface area contributed by atoms with Crippen molar-refractivity contribution in [3.05, 3.63) is 30.1 Å². The smallest absolute Gasteiger partial charge is 0.124 e. The summed E-state index contributed by atoms with van der Waals surface area (Å²) in [4.78, 5) is 8.03. The fourth-order valence-electron chi connectivity index (χ4n) is 2.36. The van der Waals surface area contributed by atoms with Gasteiger partial charge in [-0.15, -0.1) is 0 Å². The van der Waals surface area contributed by atoms with Gasteiger partial charge in [0.1, 0.15) is 5.82 Å². The molecule has 0 bridgehead atoms. The second-order valence-electron chi connectivity index (χ2n) is 5.29. The molecule has 0 aliphatic carbocycles. The van der Waals surface area contributed by atoms with Crippen molar-refractivity contribution >= 4 is 11.0 Å². The van der Waals surface area contributed by atoms with Crippen LogP contribution < -0.4 is 5.32 Å². The minimum absolute atomic E-state index is 0.254. The van der Waals surface area contributed by atoms with Crippen molar-refractivity contribution in [2.24, 2.45) is 5.92 Å². The summed E-state index contributed by atoms with van der Waals surface area (Å²) in [6.45, 7) is 8.91. The number of rotatable bonds is 5. The second kappa shape index (κ2) is 5.53. The van der Waals surface area contributed by atoms with Crippen LogP contribution in [0, 0.1) is 5.92 Å². The fourth-order valence-corrected chi connectivity index (χ4v) is 2.36. The monoisotopic (exact) mass is 245 g/mol. The number of benzene rings is 1. The number of H-pyrrole nitrogens is 1. The standard InChI is InChI=1S/C15H23N3/c1-5-12(10(2)3)16-11(4)15-17-13-8-6-7-9-14(13)18-15/h6-12,16H,5H2,1-4H3,(H,17,18). The highest BCUT2D eigenvalue weighted by Gasteiger charge is 2.17. The summed E-state index contributed by atoms with van der Waals surface area (Å²) in [7, 11) is 0. The van der Waals surface area contributed by atoms with E-state index in [0.29, 0.717) is 12.0 Å². The third-order valence-corrected chi connectivity index (χ3v) is 3.53. The van der Waals surface area contributed by atoms with Crippen LogP contribution in [-0.4, -0.2) is 16.0 Å². The van der Waals surface area contributed by atoms with Crippen LogP contribution in [0.4, 0.5) is 0 Å². The summed E-state index contributed by atoms with van der Waals surface area (Å²) in [6.07, 6.45) is 1.14. The maximum atomic E-state index is 4.64. The zero-order chi connectivity index (χ0) is 13.1. The van der Waals surface area contributed by atoms with Gasteiger partial charge in [-0.05, 0) is 31.4 Å². The predicted molar refractivity (Wildman–Crippen MR) is 76.6 cm³/mol. The lowest BCUT2D eigenvalue weighted by Gasteiger charge is -2.24. The van der Waals surface area contributed by atoms with Gasteiger partial charge in [-0.2, -0.15) is 0 Å². The van der Waals surface area contributed by atoms with Crippen LogP contribution in [-0.2, 0) is 0 Å². The van der Waals surface area contributed by atoms with Crippen molar-refractivity contribution in [2.75, 3.05) is 0 Å². The molecule has 1 heterocycles. The highest BCUT2D eigenvalue weighted by Crippen LogP contribution is 2.17. The summed E-state index contributed by atoms with van der Waals surface area (Å²) in [6, 6.07) is 8.96. The molecule has 2 unspecified atom stereocenters. The first kappa shape index (κ1) is 13.1.